The molecule has 0 unspecified atom stereocenters. The van der Waals surface area contributed by atoms with Crippen LogP contribution in [0.15, 0.2) is 77.9 Å². The van der Waals surface area contributed by atoms with Crippen molar-refractivity contribution < 1.29 is 27.6 Å². The second kappa shape index (κ2) is 17.1. The number of methoxy groups -OCH3 is 2. The maximum atomic E-state index is 14.7. The summed E-state index contributed by atoms with van der Waals surface area (Å²) in [7, 11) is 2.78. The second-order valence-electron chi connectivity index (χ2n) is 11.6. The molecule has 0 atom stereocenters. The molecule has 6 rings (SSSR count). The van der Waals surface area contributed by atoms with Crippen molar-refractivity contribution in [3.8, 4) is 28.8 Å². The van der Waals surface area contributed by atoms with Crippen LogP contribution in [0.5, 0.6) is 5.75 Å². The lowest BCUT2D eigenvalue weighted by Gasteiger charge is -2.21. The van der Waals surface area contributed by atoms with Crippen LogP contribution in [0.1, 0.15) is 44.3 Å². The number of carbonyl (C=O) groups is 1. The van der Waals surface area contributed by atoms with Crippen molar-refractivity contribution in [2.45, 2.75) is 32.2 Å². The third-order valence-corrected chi connectivity index (χ3v) is 8.60. The highest BCUT2D eigenvalue weighted by atomic mass is 35.5. The van der Waals surface area contributed by atoms with Gasteiger partial charge in [-0.05, 0) is 42.3 Å². The summed E-state index contributed by atoms with van der Waals surface area (Å²) in [5, 5.41) is 15.7. The molecule has 3 N–H and O–H groups in total. The number of nitrogens with zero attached hydrogens (tertiary/aromatic N) is 7. The van der Waals surface area contributed by atoms with E-state index in [-0.39, 0.29) is 73.3 Å². The molecule has 0 saturated heterocycles. The van der Waals surface area contributed by atoms with E-state index in [9.17, 15) is 14.7 Å². The molecule has 0 aliphatic carbocycles. The summed E-state index contributed by atoms with van der Waals surface area (Å²) in [5.74, 6) is 3.81. The monoisotopic (exact) mass is 740 g/mol. The van der Waals surface area contributed by atoms with Crippen LogP contribution in [0.4, 0.5) is 5.82 Å². The summed E-state index contributed by atoms with van der Waals surface area (Å²) < 4.78 is 64.5. The van der Waals surface area contributed by atoms with E-state index in [4.69, 9.17) is 45.1 Å². The minimum Gasteiger partial charge on any atom is -0.508 e. The first kappa shape index (κ1) is 29.7. The standard InChI is InChI=1S/C39H39ClN8O5/c1-52-20-18-46(19-21-53-2)33(50)17-5-3-4-10-26-12-9-16-31-34(26)39(51)47(23-28-11-6-7-15-30(28)40)32(44-31)24-48-38-35(37(41)42-25-43-38)36(45-48)27-13-8-14-29(49)22-27/h6-9,11-16,22,25,49H,3,5,17-21,23-24H2,1-2H3,(H2,41,42,43)/i3D2,5D2,17D2. The van der Waals surface area contributed by atoms with E-state index in [1.807, 2.05) is 0 Å². The number of hydrogen-bond acceptors (Lipinski definition) is 10. The van der Waals surface area contributed by atoms with Crippen molar-refractivity contribution >= 4 is 45.3 Å². The van der Waals surface area contributed by atoms with E-state index in [0.717, 1.165) is 4.90 Å². The van der Waals surface area contributed by atoms with Crippen molar-refractivity contribution in [1.29, 1.82) is 0 Å². The number of amides is 1. The number of halogens is 1. The number of benzene rings is 3. The highest BCUT2D eigenvalue weighted by molar-refractivity contribution is 6.31. The van der Waals surface area contributed by atoms with E-state index in [2.05, 4.69) is 21.8 Å². The van der Waals surface area contributed by atoms with Crippen LogP contribution in [0, 0.1) is 11.8 Å². The Bertz CT molecular complexity index is 2660. The minimum absolute atomic E-state index is 0.00301. The second-order valence-corrected chi connectivity index (χ2v) is 12.0. The third kappa shape index (κ3) is 8.47. The van der Waals surface area contributed by atoms with Gasteiger partial charge in [-0.15, -0.1) is 0 Å². The molecule has 1 amide bonds. The Morgan fingerprint density at radius 1 is 1.02 bits per heavy atom. The fourth-order valence-corrected chi connectivity index (χ4v) is 5.83. The van der Waals surface area contributed by atoms with E-state index in [1.165, 1.54) is 54.1 Å². The van der Waals surface area contributed by atoms with Crippen molar-refractivity contribution in [3.05, 3.63) is 105 Å². The van der Waals surface area contributed by atoms with Crippen LogP contribution in [-0.4, -0.2) is 85.7 Å². The van der Waals surface area contributed by atoms with Crippen LogP contribution in [0.2, 0.25) is 5.02 Å². The topological polar surface area (TPSA) is 164 Å². The maximum Gasteiger partial charge on any atom is 0.263 e. The highest BCUT2D eigenvalue weighted by Crippen LogP contribution is 2.32. The van der Waals surface area contributed by atoms with Gasteiger partial charge in [0.25, 0.3) is 5.56 Å². The Morgan fingerprint density at radius 3 is 2.55 bits per heavy atom. The third-order valence-electron chi connectivity index (χ3n) is 8.23. The largest absolute Gasteiger partial charge is 0.508 e. The zero-order valence-corrected chi connectivity index (χ0v) is 29.6. The number of aromatic hydroxyl groups is 1. The summed E-state index contributed by atoms with van der Waals surface area (Å²) in [5.41, 5.74) is 7.65. The van der Waals surface area contributed by atoms with Gasteiger partial charge in [-0.2, -0.15) is 5.10 Å². The number of hydrogen-bond donors (Lipinski definition) is 2. The average Bonchev–Trinajstić information content (AvgIpc) is 3.58. The van der Waals surface area contributed by atoms with Crippen molar-refractivity contribution in [3.63, 3.8) is 0 Å². The number of nitrogen functional groups attached to an aromatic ring is 1. The predicted octanol–water partition coefficient (Wildman–Crippen LogP) is 4.88. The minimum atomic E-state index is -3.49. The van der Waals surface area contributed by atoms with E-state index in [1.54, 1.807) is 42.5 Å². The first-order chi connectivity index (χ1) is 28.0. The lowest BCUT2D eigenvalue weighted by molar-refractivity contribution is -0.132. The number of ether oxygens (including phenoxy) is 2. The number of aromatic nitrogens is 6. The normalized spacial score (nSPS) is 13.6. The molecule has 14 heteroatoms. The fourth-order valence-electron chi connectivity index (χ4n) is 5.64. The van der Waals surface area contributed by atoms with Crippen molar-refractivity contribution in [2.24, 2.45) is 0 Å². The highest BCUT2D eigenvalue weighted by Gasteiger charge is 2.21. The molecule has 0 aliphatic rings. The predicted molar refractivity (Wildman–Crippen MR) is 204 cm³/mol. The number of phenols is 1. The Labute approximate surface area is 319 Å². The lowest BCUT2D eigenvalue weighted by Crippen LogP contribution is -2.36. The van der Waals surface area contributed by atoms with Gasteiger partial charge in [0.05, 0.1) is 36.0 Å². The van der Waals surface area contributed by atoms with Crippen molar-refractivity contribution in [2.75, 3.05) is 46.3 Å². The van der Waals surface area contributed by atoms with Gasteiger partial charge in [0.2, 0.25) is 5.91 Å². The lowest BCUT2D eigenvalue weighted by atomic mass is 10.1. The molecule has 0 aliphatic heterocycles. The van der Waals surface area contributed by atoms with E-state index >= 15 is 0 Å². The van der Waals surface area contributed by atoms with Gasteiger partial charge in [0.1, 0.15) is 36.0 Å². The smallest absolute Gasteiger partial charge is 0.263 e. The van der Waals surface area contributed by atoms with Gasteiger partial charge < -0.3 is 25.2 Å². The number of rotatable bonds is 14. The first-order valence-electron chi connectivity index (χ1n) is 19.3. The Hall–Kier alpha value is -5.81. The van der Waals surface area contributed by atoms with Crippen LogP contribution < -0.4 is 11.3 Å². The molecule has 0 bridgehead atoms. The van der Waals surface area contributed by atoms with Crippen LogP contribution in [0.3, 0.4) is 0 Å². The van der Waals surface area contributed by atoms with Gasteiger partial charge in [-0.1, -0.05) is 59.8 Å². The van der Waals surface area contributed by atoms with E-state index in [0.29, 0.717) is 32.9 Å². The van der Waals surface area contributed by atoms with Gasteiger partial charge in [0.15, 0.2) is 5.65 Å². The number of anilines is 1. The fraction of sp³-hybridized carbons (Fsp3) is 0.282. The van der Waals surface area contributed by atoms with Crippen LogP contribution in [-0.2, 0) is 27.4 Å². The number of phenolic OH excluding ortho intramolecular Hbond substituents is 1. The molecule has 0 radical (unpaired) electrons. The molecule has 0 saturated carbocycles. The summed E-state index contributed by atoms with van der Waals surface area (Å²) in [6.45, 7) is -0.323. The van der Waals surface area contributed by atoms with Crippen LogP contribution >= 0.6 is 11.6 Å². The summed E-state index contributed by atoms with van der Waals surface area (Å²) in [6.07, 6.45) is -8.86. The zero-order chi connectivity index (χ0) is 42.7. The SMILES string of the molecule is [2H]C([2H])(C#Cc1cccc2nc(Cn3nc(-c4cccc(O)c4)c4c(N)ncnc43)n(Cc3ccccc3Cl)c(=O)c12)C([2H])([2H])C([2H])([2H])C(=O)N(CCOC)CCOC. The molecule has 53 heavy (non-hydrogen) atoms. The van der Waals surface area contributed by atoms with Gasteiger partial charge in [-0.25, -0.2) is 19.6 Å². The molecular formula is C39H39ClN8O5. The molecular weight excluding hydrogens is 696 g/mol. The van der Waals surface area contributed by atoms with E-state index < -0.39 is 30.6 Å². The molecule has 3 heterocycles. The summed E-state index contributed by atoms with van der Waals surface area (Å²) in [4.78, 5) is 42.5. The van der Waals surface area contributed by atoms with Gasteiger partial charge in [0, 0.05) is 64.4 Å². The first-order valence-corrected chi connectivity index (χ1v) is 16.7. The molecule has 13 nitrogen and oxygen atoms in total. The Balaban J connectivity index is 1.46. The summed E-state index contributed by atoms with van der Waals surface area (Å²) in [6, 6.07) is 17.9. The molecule has 0 spiro atoms. The van der Waals surface area contributed by atoms with Gasteiger partial charge >= 0.3 is 0 Å². The average molecular weight is 741 g/mol. The Kier molecular flexibility index (Phi) is 9.61. The molecule has 272 valence electrons. The number of carbonyl (C=O) groups excluding carboxylic acids is 1. The summed E-state index contributed by atoms with van der Waals surface area (Å²) >= 11 is 6.56. The Morgan fingerprint density at radius 2 is 1.79 bits per heavy atom. The molecule has 0 fully saturated rings. The molecule has 3 aromatic heterocycles. The number of fused-ring (bicyclic) bond motifs is 2. The maximum absolute atomic E-state index is 14.7. The molecule has 3 aromatic carbocycles. The van der Waals surface area contributed by atoms with Crippen LogP contribution in [0.25, 0.3) is 33.2 Å². The molecule has 6 aromatic rings. The van der Waals surface area contributed by atoms with Gasteiger partial charge in [-0.3, -0.25) is 14.2 Å². The van der Waals surface area contributed by atoms with Crippen molar-refractivity contribution in [1.82, 2.24) is 34.2 Å². The quantitative estimate of drug-likeness (QED) is 0.147. The number of nitrogens with two attached hydrogens (primary N) is 1. The zero-order valence-electron chi connectivity index (χ0n) is 34.8.